The maximum absolute atomic E-state index is 12.2. The van der Waals surface area contributed by atoms with Gasteiger partial charge in [-0.2, -0.15) is 0 Å². The van der Waals surface area contributed by atoms with Crippen LogP contribution < -0.4 is 0 Å². The van der Waals surface area contributed by atoms with Crippen LogP contribution in [0, 0.1) is 5.41 Å². The molecular formula is C14H17ClO3S2. The molecule has 1 atom stereocenters. The van der Waals surface area contributed by atoms with Crippen molar-refractivity contribution < 1.29 is 14.3 Å². The maximum atomic E-state index is 12.2. The molecule has 0 amide bonds. The van der Waals surface area contributed by atoms with Gasteiger partial charge in [-0.05, 0) is 37.3 Å². The first-order valence-electron chi connectivity index (χ1n) is 6.44. The number of thioether (sulfide) groups is 1. The molecule has 0 aromatic carbocycles. The SMILES string of the molecule is COC(=O)CC1(CSC(C)C(=O)c2ccc(Cl)s2)CC1. The summed E-state index contributed by atoms with van der Waals surface area (Å²) in [6.07, 6.45) is 2.55. The molecule has 6 heteroatoms. The Labute approximate surface area is 132 Å². The van der Waals surface area contributed by atoms with E-state index in [1.807, 2.05) is 6.92 Å². The molecule has 0 bridgehead atoms. The fourth-order valence-electron chi connectivity index (χ4n) is 1.95. The molecule has 20 heavy (non-hydrogen) atoms. The highest BCUT2D eigenvalue weighted by Gasteiger charge is 2.45. The van der Waals surface area contributed by atoms with Crippen molar-refractivity contribution in [2.24, 2.45) is 5.41 Å². The van der Waals surface area contributed by atoms with Crippen LogP contribution in [0.5, 0.6) is 0 Å². The topological polar surface area (TPSA) is 43.4 Å². The molecule has 0 aliphatic heterocycles. The number of carbonyl (C=O) groups is 2. The van der Waals surface area contributed by atoms with Crippen LogP contribution in [0.15, 0.2) is 12.1 Å². The predicted molar refractivity (Wildman–Crippen MR) is 83.9 cm³/mol. The number of ketones is 1. The Balaban J connectivity index is 1.84. The van der Waals surface area contributed by atoms with Gasteiger partial charge in [-0.15, -0.1) is 23.1 Å². The van der Waals surface area contributed by atoms with E-state index < -0.39 is 0 Å². The van der Waals surface area contributed by atoms with E-state index in [1.54, 1.807) is 23.9 Å². The average Bonchev–Trinajstić information content (AvgIpc) is 3.06. The molecule has 1 aliphatic carbocycles. The van der Waals surface area contributed by atoms with Crippen LogP contribution in [0.3, 0.4) is 0 Å². The van der Waals surface area contributed by atoms with Gasteiger partial charge in [-0.3, -0.25) is 9.59 Å². The highest BCUT2D eigenvalue weighted by molar-refractivity contribution is 8.00. The summed E-state index contributed by atoms with van der Waals surface area (Å²) in [5, 5.41) is -0.111. The zero-order chi connectivity index (χ0) is 14.8. The van der Waals surface area contributed by atoms with E-state index in [9.17, 15) is 9.59 Å². The first-order chi connectivity index (χ1) is 9.46. The maximum Gasteiger partial charge on any atom is 0.306 e. The molecule has 1 heterocycles. The van der Waals surface area contributed by atoms with Gasteiger partial charge in [0.25, 0.3) is 0 Å². The van der Waals surface area contributed by atoms with Gasteiger partial charge in [-0.1, -0.05) is 11.6 Å². The van der Waals surface area contributed by atoms with E-state index in [-0.39, 0.29) is 22.4 Å². The quantitative estimate of drug-likeness (QED) is 0.558. The van der Waals surface area contributed by atoms with Gasteiger partial charge in [0.1, 0.15) is 0 Å². The lowest BCUT2D eigenvalue weighted by atomic mass is 10.1. The monoisotopic (exact) mass is 332 g/mol. The second-order valence-electron chi connectivity index (χ2n) is 5.17. The van der Waals surface area contributed by atoms with Gasteiger partial charge >= 0.3 is 5.97 Å². The molecule has 1 aromatic heterocycles. The molecule has 1 unspecified atom stereocenters. The van der Waals surface area contributed by atoms with E-state index in [0.717, 1.165) is 18.6 Å². The van der Waals surface area contributed by atoms with Gasteiger partial charge in [0.05, 0.1) is 28.0 Å². The Morgan fingerprint density at radius 1 is 1.50 bits per heavy atom. The van der Waals surface area contributed by atoms with E-state index in [4.69, 9.17) is 16.3 Å². The lowest BCUT2D eigenvalue weighted by molar-refractivity contribution is -0.141. The predicted octanol–water partition coefficient (Wildman–Crippen LogP) is 4.05. The van der Waals surface area contributed by atoms with Crippen LogP contribution >= 0.6 is 34.7 Å². The van der Waals surface area contributed by atoms with Crippen molar-refractivity contribution in [1.29, 1.82) is 0 Å². The van der Waals surface area contributed by atoms with Crippen LogP contribution in [0.4, 0.5) is 0 Å². The zero-order valence-corrected chi connectivity index (χ0v) is 13.9. The normalized spacial score (nSPS) is 17.6. The molecule has 3 nitrogen and oxygen atoms in total. The van der Waals surface area contributed by atoms with Crippen molar-refractivity contribution in [3.05, 3.63) is 21.3 Å². The van der Waals surface area contributed by atoms with Crippen LogP contribution in [-0.4, -0.2) is 29.9 Å². The molecule has 110 valence electrons. The van der Waals surface area contributed by atoms with Crippen molar-refractivity contribution in [3.63, 3.8) is 0 Å². The molecule has 0 N–H and O–H groups in total. The Hall–Kier alpha value is -0.520. The second kappa shape index (κ2) is 6.50. The minimum Gasteiger partial charge on any atom is -0.469 e. The summed E-state index contributed by atoms with van der Waals surface area (Å²) in [5.41, 5.74) is 0.0550. The lowest BCUT2D eigenvalue weighted by Gasteiger charge is -2.16. The summed E-state index contributed by atoms with van der Waals surface area (Å²) in [5.74, 6) is 0.779. The van der Waals surface area contributed by atoms with Crippen LogP contribution in [0.25, 0.3) is 0 Å². The Morgan fingerprint density at radius 2 is 2.20 bits per heavy atom. The number of esters is 1. The van der Waals surface area contributed by atoms with Crippen molar-refractivity contribution in [2.45, 2.75) is 31.4 Å². The molecule has 2 rings (SSSR count). The van der Waals surface area contributed by atoms with Gasteiger partial charge < -0.3 is 4.74 Å². The van der Waals surface area contributed by atoms with Crippen molar-refractivity contribution >= 4 is 46.5 Å². The number of hydrogen-bond donors (Lipinski definition) is 0. The zero-order valence-electron chi connectivity index (χ0n) is 11.5. The van der Waals surface area contributed by atoms with Gasteiger partial charge in [-0.25, -0.2) is 0 Å². The largest absolute Gasteiger partial charge is 0.469 e. The summed E-state index contributed by atoms with van der Waals surface area (Å²) >= 11 is 8.78. The summed E-state index contributed by atoms with van der Waals surface area (Å²) < 4.78 is 5.36. The fourth-order valence-corrected chi connectivity index (χ4v) is 4.37. The third-order valence-electron chi connectivity index (χ3n) is 3.53. The molecule has 1 saturated carbocycles. The Bertz CT molecular complexity index is 508. The second-order valence-corrected chi connectivity index (χ2v) is 8.22. The number of carbonyl (C=O) groups excluding carboxylic acids is 2. The number of methoxy groups -OCH3 is 1. The fraction of sp³-hybridized carbons (Fsp3) is 0.571. The third-order valence-corrected chi connectivity index (χ3v) is 6.27. The number of rotatable bonds is 7. The number of Topliss-reactive ketones (excluding diaryl/α,β-unsaturated/α-hetero) is 1. The molecule has 0 spiro atoms. The average molecular weight is 333 g/mol. The smallest absolute Gasteiger partial charge is 0.306 e. The standard InChI is InChI=1S/C14H17ClO3S2/c1-9(13(17)10-3-4-11(15)20-10)19-8-14(5-6-14)7-12(16)18-2/h3-4,9H,5-8H2,1-2H3. The highest BCUT2D eigenvalue weighted by Crippen LogP contribution is 2.51. The van der Waals surface area contributed by atoms with E-state index in [1.165, 1.54) is 18.4 Å². The number of hydrogen-bond acceptors (Lipinski definition) is 5. The molecule has 0 saturated heterocycles. The molecule has 1 aliphatic rings. The summed E-state index contributed by atoms with van der Waals surface area (Å²) in [4.78, 5) is 24.3. The van der Waals surface area contributed by atoms with E-state index in [0.29, 0.717) is 15.6 Å². The molecule has 0 radical (unpaired) electrons. The number of thiophene rings is 1. The third kappa shape index (κ3) is 3.99. The van der Waals surface area contributed by atoms with Crippen molar-refractivity contribution in [3.8, 4) is 0 Å². The summed E-state index contributed by atoms with van der Waals surface area (Å²) in [7, 11) is 1.41. The van der Waals surface area contributed by atoms with E-state index >= 15 is 0 Å². The van der Waals surface area contributed by atoms with Gasteiger partial charge in [0, 0.05) is 5.75 Å². The summed E-state index contributed by atoms with van der Waals surface area (Å²) in [6.45, 7) is 1.91. The van der Waals surface area contributed by atoms with E-state index in [2.05, 4.69) is 0 Å². The minimum atomic E-state index is -0.160. The van der Waals surface area contributed by atoms with Gasteiger partial charge in [0.2, 0.25) is 0 Å². The van der Waals surface area contributed by atoms with Crippen LogP contribution in [-0.2, 0) is 9.53 Å². The lowest BCUT2D eigenvalue weighted by Crippen LogP contribution is -2.18. The van der Waals surface area contributed by atoms with Gasteiger partial charge in [0.15, 0.2) is 5.78 Å². The molecular weight excluding hydrogens is 316 g/mol. The number of halogens is 1. The van der Waals surface area contributed by atoms with Crippen molar-refractivity contribution in [1.82, 2.24) is 0 Å². The first kappa shape index (κ1) is 15.9. The molecule has 1 aromatic rings. The van der Waals surface area contributed by atoms with Crippen LogP contribution in [0.1, 0.15) is 35.9 Å². The van der Waals surface area contributed by atoms with Crippen molar-refractivity contribution in [2.75, 3.05) is 12.9 Å². The number of ether oxygens (including phenoxy) is 1. The first-order valence-corrected chi connectivity index (χ1v) is 8.68. The molecule has 1 fully saturated rings. The highest BCUT2D eigenvalue weighted by atomic mass is 35.5. The Kier molecular flexibility index (Phi) is 5.15. The minimum absolute atomic E-state index is 0.0550. The summed E-state index contributed by atoms with van der Waals surface area (Å²) in [6, 6.07) is 3.52. The Morgan fingerprint density at radius 3 is 2.70 bits per heavy atom. The van der Waals surface area contributed by atoms with Crippen LogP contribution in [0.2, 0.25) is 4.34 Å².